The molecule has 1 unspecified atom stereocenters. The summed E-state index contributed by atoms with van der Waals surface area (Å²) in [7, 11) is 0. The summed E-state index contributed by atoms with van der Waals surface area (Å²) < 4.78 is 6.84. The summed E-state index contributed by atoms with van der Waals surface area (Å²) in [5.74, 6) is 0.531. The van der Waals surface area contributed by atoms with Gasteiger partial charge in [0.25, 0.3) is 0 Å². The summed E-state index contributed by atoms with van der Waals surface area (Å²) in [4.78, 5) is 34.4. The maximum absolute atomic E-state index is 13.4. The monoisotopic (exact) mass is 421 g/mol. The first-order valence-electron chi connectivity index (χ1n) is 10.4. The quantitative estimate of drug-likeness (QED) is 0.637. The number of amides is 2. The van der Waals surface area contributed by atoms with Crippen LogP contribution in [0.25, 0.3) is 10.2 Å². The molecule has 1 atom stereocenters. The molecule has 0 aliphatic carbocycles. The molecule has 154 valence electrons. The zero-order chi connectivity index (χ0) is 20.5. The highest BCUT2D eigenvalue weighted by atomic mass is 32.1. The van der Waals surface area contributed by atoms with Crippen LogP contribution in [0.15, 0.2) is 48.5 Å². The number of fused-ring (bicyclic) bond motifs is 2. The van der Waals surface area contributed by atoms with Crippen molar-refractivity contribution in [2.45, 2.75) is 31.7 Å². The molecule has 2 aromatic carbocycles. The van der Waals surface area contributed by atoms with E-state index < -0.39 is 0 Å². The third kappa shape index (κ3) is 3.54. The number of likely N-dealkylation sites (tertiary alicyclic amines) is 1. The molecule has 3 heterocycles. The summed E-state index contributed by atoms with van der Waals surface area (Å²) in [6.07, 6.45) is 3.22. The van der Waals surface area contributed by atoms with E-state index in [-0.39, 0.29) is 30.8 Å². The van der Waals surface area contributed by atoms with Crippen molar-refractivity contribution in [1.29, 1.82) is 0 Å². The molecule has 0 radical (unpaired) electrons. The van der Waals surface area contributed by atoms with E-state index in [1.165, 1.54) is 0 Å². The molecule has 0 bridgehead atoms. The number of hydrogen-bond acceptors (Lipinski definition) is 5. The minimum atomic E-state index is -0.0816. The first kappa shape index (κ1) is 19.1. The van der Waals surface area contributed by atoms with Crippen molar-refractivity contribution in [3.05, 3.63) is 53.5 Å². The number of piperidine rings is 1. The van der Waals surface area contributed by atoms with E-state index in [1.807, 2.05) is 47.4 Å². The minimum Gasteiger partial charge on any atom is -0.491 e. The van der Waals surface area contributed by atoms with E-state index in [0.29, 0.717) is 24.6 Å². The number of benzene rings is 2. The Balaban J connectivity index is 1.42. The predicted octanol–water partition coefficient (Wildman–Crippen LogP) is 4.17. The molecule has 30 heavy (non-hydrogen) atoms. The number of anilines is 1. The van der Waals surface area contributed by atoms with Gasteiger partial charge in [-0.05, 0) is 43.5 Å². The SMILES string of the molecule is O=C1CCOc2ccccc2N1CC(=O)N1CCCCC1c1nc2ccccc2s1. The molecule has 0 spiro atoms. The van der Waals surface area contributed by atoms with Crippen LogP contribution in [0.3, 0.4) is 0 Å². The largest absolute Gasteiger partial charge is 0.491 e. The highest BCUT2D eigenvalue weighted by molar-refractivity contribution is 7.18. The molecule has 2 aliphatic rings. The Hall–Kier alpha value is -2.93. The highest BCUT2D eigenvalue weighted by Crippen LogP contribution is 2.36. The summed E-state index contributed by atoms with van der Waals surface area (Å²) in [6, 6.07) is 15.5. The zero-order valence-electron chi connectivity index (χ0n) is 16.6. The molecule has 7 heteroatoms. The van der Waals surface area contributed by atoms with Crippen LogP contribution in [-0.4, -0.2) is 41.4 Å². The number of ether oxygens (including phenoxy) is 1. The van der Waals surface area contributed by atoms with Crippen LogP contribution in [0.1, 0.15) is 36.7 Å². The van der Waals surface area contributed by atoms with Crippen molar-refractivity contribution in [1.82, 2.24) is 9.88 Å². The lowest BCUT2D eigenvalue weighted by Gasteiger charge is -2.36. The van der Waals surface area contributed by atoms with E-state index in [0.717, 1.165) is 34.5 Å². The van der Waals surface area contributed by atoms with E-state index in [9.17, 15) is 9.59 Å². The second-order valence-corrected chi connectivity index (χ2v) is 8.73. The van der Waals surface area contributed by atoms with Crippen molar-refractivity contribution in [2.75, 3.05) is 24.6 Å². The first-order chi connectivity index (χ1) is 14.7. The number of hydrogen-bond donors (Lipinski definition) is 0. The average Bonchev–Trinajstić information content (AvgIpc) is 3.15. The van der Waals surface area contributed by atoms with Crippen molar-refractivity contribution < 1.29 is 14.3 Å². The topological polar surface area (TPSA) is 62.7 Å². The fourth-order valence-electron chi connectivity index (χ4n) is 4.24. The van der Waals surface area contributed by atoms with Crippen LogP contribution >= 0.6 is 11.3 Å². The molecule has 3 aromatic rings. The first-order valence-corrected chi connectivity index (χ1v) is 11.2. The smallest absolute Gasteiger partial charge is 0.243 e. The minimum absolute atomic E-state index is 0.0284. The fraction of sp³-hybridized carbons (Fsp3) is 0.348. The van der Waals surface area contributed by atoms with Gasteiger partial charge in [0.05, 0.1) is 35.0 Å². The van der Waals surface area contributed by atoms with Gasteiger partial charge in [-0.15, -0.1) is 11.3 Å². The predicted molar refractivity (Wildman–Crippen MR) is 117 cm³/mol. The molecule has 1 aromatic heterocycles. The van der Waals surface area contributed by atoms with Gasteiger partial charge in [0, 0.05) is 6.54 Å². The Bertz CT molecular complexity index is 1060. The molecule has 0 N–H and O–H groups in total. The lowest BCUT2D eigenvalue weighted by Crippen LogP contribution is -2.46. The molecule has 6 nitrogen and oxygen atoms in total. The Morgan fingerprint density at radius 2 is 1.97 bits per heavy atom. The van der Waals surface area contributed by atoms with Gasteiger partial charge in [-0.3, -0.25) is 14.5 Å². The summed E-state index contributed by atoms with van der Waals surface area (Å²) >= 11 is 1.66. The maximum Gasteiger partial charge on any atom is 0.243 e. The van der Waals surface area contributed by atoms with Crippen LogP contribution in [-0.2, 0) is 9.59 Å². The summed E-state index contributed by atoms with van der Waals surface area (Å²) in [5, 5.41) is 0.982. The van der Waals surface area contributed by atoms with E-state index in [1.54, 1.807) is 16.2 Å². The zero-order valence-corrected chi connectivity index (χ0v) is 17.4. The van der Waals surface area contributed by atoms with Crippen LogP contribution in [0.2, 0.25) is 0 Å². The van der Waals surface area contributed by atoms with Gasteiger partial charge in [-0.1, -0.05) is 24.3 Å². The number of carbonyl (C=O) groups is 2. The standard InChI is InChI=1S/C23H23N3O3S/c27-21-12-14-29-19-10-3-2-8-17(19)26(21)15-22(28)25-13-6-5-9-18(25)23-24-16-7-1-4-11-20(16)30-23/h1-4,7-8,10-11,18H,5-6,9,12-15H2. The van der Waals surface area contributed by atoms with Gasteiger partial charge in [-0.2, -0.15) is 0 Å². The molecule has 1 fully saturated rings. The molecule has 1 saturated heterocycles. The second kappa shape index (κ2) is 8.07. The van der Waals surface area contributed by atoms with Gasteiger partial charge >= 0.3 is 0 Å². The van der Waals surface area contributed by atoms with E-state index in [4.69, 9.17) is 9.72 Å². The number of carbonyl (C=O) groups excluding carboxylic acids is 2. The Labute approximate surface area is 179 Å². The van der Waals surface area contributed by atoms with Crippen LogP contribution in [0.5, 0.6) is 5.75 Å². The molecular formula is C23H23N3O3S. The Morgan fingerprint density at radius 3 is 2.87 bits per heavy atom. The molecular weight excluding hydrogens is 398 g/mol. The third-order valence-corrected chi connectivity index (χ3v) is 6.88. The highest BCUT2D eigenvalue weighted by Gasteiger charge is 2.33. The normalized spacial score (nSPS) is 19.3. The summed E-state index contributed by atoms with van der Waals surface area (Å²) in [5.41, 5.74) is 1.64. The van der Waals surface area contributed by atoms with Crippen molar-refractivity contribution >= 4 is 39.1 Å². The van der Waals surface area contributed by atoms with E-state index >= 15 is 0 Å². The van der Waals surface area contributed by atoms with Gasteiger partial charge in [0.1, 0.15) is 17.3 Å². The molecule has 5 rings (SSSR count). The number of aromatic nitrogens is 1. The fourth-order valence-corrected chi connectivity index (χ4v) is 5.35. The Kier molecular flexibility index (Phi) is 5.12. The maximum atomic E-state index is 13.4. The number of thiazole rings is 1. The number of nitrogens with zero attached hydrogens (tertiary/aromatic N) is 3. The molecule has 0 saturated carbocycles. The van der Waals surface area contributed by atoms with Crippen molar-refractivity contribution in [3.63, 3.8) is 0 Å². The second-order valence-electron chi connectivity index (χ2n) is 7.66. The van der Waals surface area contributed by atoms with Gasteiger partial charge < -0.3 is 9.64 Å². The third-order valence-electron chi connectivity index (χ3n) is 5.74. The number of para-hydroxylation sites is 3. The van der Waals surface area contributed by atoms with Gasteiger partial charge in [-0.25, -0.2) is 4.98 Å². The van der Waals surface area contributed by atoms with Gasteiger partial charge in [0.15, 0.2) is 0 Å². The summed E-state index contributed by atoms with van der Waals surface area (Å²) in [6.45, 7) is 1.05. The average molecular weight is 422 g/mol. The van der Waals surface area contributed by atoms with Crippen molar-refractivity contribution in [2.24, 2.45) is 0 Å². The lowest BCUT2D eigenvalue weighted by atomic mass is 10.0. The van der Waals surface area contributed by atoms with Crippen LogP contribution in [0.4, 0.5) is 5.69 Å². The molecule has 2 aliphatic heterocycles. The number of rotatable bonds is 3. The Morgan fingerprint density at radius 1 is 1.13 bits per heavy atom. The van der Waals surface area contributed by atoms with Crippen LogP contribution in [0, 0.1) is 0 Å². The molecule has 2 amide bonds. The van der Waals surface area contributed by atoms with Crippen molar-refractivity contribution in [3.8, 4) is 5.75 Å². The lowest BCUT2D eigenvalue weighted by molar-refractivity contribution is -0.134. The van der Waals surface area contributed by atoms with Gasteiger partial charge in [0.2, 0.25) is 11.8 Å². The van der Waals surface area contributed by atoms with E-state index in [2.05, 4.69) is 6.07 Å². The van der Waals surface area contributed by atoms with Crippen LogP contribution < -0.4 is 9.64 Å².